The Hall–Kier alpha value is -2.31. The summed E-state index contributed by atoms with van der Waals surface area (Å²) in [5.41, 5.74) is 2.52. The van der Waals surface area contributed by atoms with E-state index in [1.54, 1.807) is 6.07 Å². The molecule has 1 aromatic heterocycles. The van der Waals surface area contributed by atoms with Gasteiger partial charge in [0.1, 0.15) is 6.54 Å². The lowest BCUT2D eigenvalue weighted by Gasteiger charge is -2.08. The summed E-state index contributed by atoms with van der Waals surface area (Å²) in [4.78, 5) is 36.1. The van der Waals surface area contributed by atoms with Gasteiger partial charge in [-0.1, -0.05) is 23.2 Å². The Labute approximate surface area is 167 Å². The van der Waals surface area contributed by atoms with Crippen LogP contribution >= 0.6 is 23.2 Å². The van der Waals surface area contributed by atoms with E-state index in [-0.39, 0.29) is 29.5 Å². The van der Waals surface area contributed by atoms with Crippen molar-refractivity contribution in [2.75, 3.05) is 13.2 Å². The van der Waals surface area contributed by atoms with E-state index in [1.165, 1.54) is 18.2 Å². The second-order valence-electron chi connectivity index (χ2n) is 5.92. The predicted octanol–water partition coefficient (Wildman–Crippen LogP) is 3.59. The minimum absolute atomic E-state index is 0.176. The van der Waals surface area contributed by atoms with Gasteiger partial charge in [-0.2, -0.15) is 0 Å². The van der Waals surface area contributed by atoms with Gasteiger partial charge in [-0.3, -0.25) is 14.4 Å². The molecule has 1 amide bonds. The lowest BCUT2D eigenvalue weighted by molar-refractivity contribution is -0.141. The number of aromatic nitrogens is 1. The van der Waals surface area contributed by atoms with E-state index in [2.05, 4.69) is 5.32 Å². The second-order valence-corrected chi connectivity index (χ2v) is 6.76. The van der Waals surface area contributed by atoms with Gasteiger partial charge >= 0.3 is 5.97 Å². The van der Waals surface area contributed by atoms with E-state index in [1.807, 2.05) is 25.3 Å². The lowest BCUT2D eigenvalue weighted by atomic mass is 10.1. The molecule has 144 valence electrons. The molecule has 0 aliphatic carbocycles. The second kappa shape index (κ2) is 9.06. The SMILES string of the molecule is CCn1c(C)cc(C(=O)COC(=O)CNC(=O)c2ccc(Cl)cc2Cl)c1C. The molecule has 27 heavy (non-hydrogen) atoms. The molecule has 0 unspecified atom stereocenters. The average molecular weight is 411 g/mol. The number of ketones is 1. The molecule has 0 saturated carbocycles. The summed E-state index contributed by atoms with van der Waals surface area (Å²) in [6, 6.07) is 6.19. The van der Waals surface area contributed by atoms with Crippen LogP contribution in [0.5, 0.6) is 0 Å². The van der Waals surface area contributed by atoms with E-state index in [0.29, 0.717) is 10.6 Å². The van der Waals surface area contributed by atoms with Crippen LogP contribution in [0.2, 0.25) is 10.0 Å². The molecular formula is C19H20Cl2N2O4. The van der Waals surface area contributed by atoms with Crippen LogP contribution in [0.4, 0.5) is 0 Å². The third kappa shape index (κ3) is 5.11. The third-order valence-electron chi connectivity index (χ3n) is 4.12. The summed E-state index contributed by atoms with van der Waals surface area (Å²) in [6.07, 6.45) is 0. The molecule has 0 fully saturated rings. The number of esters is 1. The Morgan fingerprint density at radius 2 is 1.81 bits per heavy atom. The van der Waals surface area contributed by atoms with Crippen molar-refractivity contribution in [2.45, 2.75) is 27.3 Å². The first kappa shape index (κ1) is 21.0. The molecule has 8 heteroatoms. The van der Waals surface area contributed by atoms with Crippen LogP contribution in [-0.2, 0) is 16.1 Å². The van der Waals surface area contributed by atoms with E-state index in [4.69, 9.17) is 27.9 Å². The fourth-order valence-electron chi connectivity index (χ4n) is 2.77. The van der Waals surface area contributed by atoms with Crippen LogP contribution < -0.4 is 5.32 Å². The Balaban J connectivity index is 1.87. The van der Waals surface area contributed by atoms with Gasteiger partial charge in [0, 0.05) is 28.5 Å². The molecule has 0 atom stereocenters. The van der Waals surface area contributed by atoms with Crippen molar-refractivity contribution in [1.29, 1.82) is 0 Å². The maximum Gasteiger partial charge on any atom is 0.325 e. The number of nitrogens with one attached hydrogen (secondary N) is 1. The van der Waals surface area contributed by atoms with Crippen molar-refractivity contribution in [3.05, 3.63) is 56.8 Å². The first-order valence-electron chi connectivity index (χ1n) is 8.33. The van der Waals surface area contributed by atoms with Gasteiger partial charge in [0.25, 0.3) is 5.91 Å². The lowest BCUT2D eigenvalue weighted by Crippen LogP contribution is -2.31. The first-order chi connectivity index (χ1) is 12.7. The monoisotopic (exact) mass is 410 g/mol. The number of ether oxygens (including phenoxy) is 1. The predicted molar refractivity (Wildman–Crippen MR) is 104 cm³/mol. The van der Waals surface area contributed by atoms with Crippen molar-refractivity contribution < 1.29 is 19.1 Å². The highest BCUT2D eigenvalue weighted by molar-refractivity contribution is 6.36. The normalized spacial score (nSPS) is 10.6. The van der Waals surface area contributed by atoms with Gasteiger partial charge in [0.2, 0.25) is 5.78 Å². The quantitative estimate of drug-likeness (QED) is 0.558. The largest absolute Gasteiger partial charge is 0.456 e. The maximum absolute atomic E-state index is 12.3. The van der Waals surface area contributed by atoms with E-state index in [9.17, 15) is 14.4 Å². The number of carbonyl (C=O) groups excluding carboxylic acids is 3. The summed E-state index contributed by atoms with van der Waals surface area (Å²) in [5, 5.41) is 2.98. The molecule has 0 bridgehead atoms. The maximum atomic E-state index is 12.3. The summed E-state index contributed by atoms with van der Waals surface area (Å²) < 4.78 is 6.97. The molecule has 0 radical (unpaired) electrons. The minimum atomic E-state index is -0.717. The number of carbonyl (C=O) groups is 3. The average Bonchev–Trinajstić information content (AvgIpc) is 2.91. The van der Waals surface area contributed by atoms with Crippen LogP contribution in [0, 0.1) is 13.8 Å². The summed E-state index contributed by atoms with van der Waals surface area (Å²) in [5.74, 6) is -1.54. The third-order valence-corrected chi connectivity index (χ3v) is 4.67. The highest BCUT2D eigenvalue weighted by atomic mass is 35.5. The zero-order valence-corrected chi connectivity index (χ0v) is 16.8. The van der Waals surface area contributed by atoms with Crippen LogP contribution in [0.3, 0.4) is 0 Å². The van der Waals surface area contributed by atoms with Crippen LogP contribution in [0.15, 0.2) is 24.3 Å². The fourth-order valence-corrected chi connectivity index (χ4v) is 3.26. The van der Waals surface area contributed by atoms with Crippen molar-refractivity contribution in [3.63, 3.8) is 0 Å². The fraction of sp³-hybridized carbons (Fsp3) is 0.316. The number of nitrogens with zero attached hydrogens (tertiary/aromatic N) is 1. The first-order valence-corrected chi connectivity index (χ1v) is 9.09. The molecule has 1 heterocycles. The number of aryl methyl sites for hydroxylation is 1. The molecule has 2 aromatic rings. The number of hydrogen-bond donors (Lipinski definition) is 1. The summed E-state index contributed by atoms with van der Waals surface area (Å²) >= 11 is 11.7. The zero-order chi connectivity index (χ0) is 20.1. The van der Waals surface area contributed by atoms with Gasteiger partial charge < -0.3 is 14.6 Å². The number of Topliss-reactive ketones (excluding diaryl/α,β-unsaturated/α-hetero) is 1. The zero-order valence-electron chi connectivity index (χ0n) is 15.3. The molecular weight excluding hydrogens is 391 g/mol. The standard InChI is InChI=1S/C19H20Cl2N2O4/c1-4-23-11(2)7-15(12(23)3)17(24)10-27-18(25)9-22-19(26)14-6-5-13(20)8-16(14)21/h5-8H,4,9-10H2,1-3H3,(H,22,26). The van der Waals surface area contributed by atoms with Crippen LogP contribution in [0.25, 0.3) is 0 Å². The molecule has 1 N–H and O–H groups in total. The molecule has 2 rings (SSSR count). The summed E-state index contributed by atoms with van der Waals surface area (Å²) in [7, 11) is 0. The van der Waals surface area contributed by atoms with Gasteiger partial charge in [-0.25, -0.2) is 0 Å². The highest BCUT2D eigenvalue weighted by Crippen LogP contribution is 2.20. The molecule has 0 aliphatic rings. The van der Waals surface area contributed by atoms with Crippen molar-refractivity contribution in [3.8, 4) is 0 Å². The Morgan fingerprint density at radius 3 is 2.41 bits per heavy atom. The number of amides is 1. The van der Waals surface area contributed by atoms with Gasteiger partial charge in [0.15, 0.2) is 6.61 Å². The topological polar surface area (TPSA) is 77.4 Å². The smallest absolute Gasteiger partial charge is 0.325 e. The summed E-state index contributed by atoms with van der Waals surface area (Å²) in [6.45, 7) is 5.75. The number of rotatable bonds is 7. The van der Waals surface area contributed by atoms with E-state index in [0.717, 1.165) is 17.9 Å². The highest BCUT2D eigenvalue weighted by Gasteiger charge is 2.17. The molecule has 0 saturated heterocycles. The number of benzene rings is 1. The van der Waals surface area contributed by atoms with Crippen LogP contribution in [0.1, 0.15) is 39.0 Å². The van der Waals surface area contributed by atoms with Crippen molar-refractivity contribution in [2.24, 2.45) is 0 Å². The van der Waals surface area contributed by atoms with E-state index < -0.39 is 11.9 Å². The molecule has 1 aromatic carbocycles. The van der Waals surface area contributed by atoms with E-state index >= 15 is 0 Å². The Kier molecular flexibility index (Phi) is 7.05. The van der Waals surface area contributed by atoms with Gasteiger partial charge in [0.05, 0.1) is 10.6 Å². The van der Waals surface area contributed by atoms with Crippen molar-refractivity contribution >= 4 is 40.9 Å². The van der Waals surface area contributed by atoms with Crippen molar-refractivity contribution in [1.82, 2.24) is 9.88 Å². The molecule has 6 nitrogen and oxygen atoms in total. The molecule has 0 spiro atoms. The molecule has 0 aliphatic heterocycles. The van der Waals surface area contributed by atoms with Gasteiger partial charge in [-0.05, 0) is 45.0 Å². The Morgan fingerprint density at radius 1 is 1.11 bits per heavy atom. The number of hydrogen-bond acceptors (Lipinski definition) is 4. The van der Waals surface area contributed by atoms with Gasteiger partial charge in [-0.15, -0.1) is 0 Å². The Bertz CT molecular complexity index is 890. The minimum Gasteiger partial charge on any atom is -0.456 e. The number of halogens is 2. The van der Waals surface area contributed by atoms with Crippen LogP contribution in [-0.4, -0.2) is 35.4 Å².